The number of ether oxygens (including phenoxy) is 3. The SMILES string of the molecule is CC/C=C\C/C=C\C/C=C\C/C=C\CCCCCCCCC(=O)OC(COC(=O)CCCCCCC/C=C\CCCCCCCCC)COC(=O)CCCCCCCCCCCCCCCCCCCCCCCCCCCCCCC. The summed E-state index contributed by atoms with van der Waals surface area (Å²) in [4.78, 5) is 38.5. The van der Waals surface area contributed by atoms with E-state index in [1.807, 2.05) is 0 Å². The summed E-state index contributed by atoms with van der Waals surface area (Å²) in [6.07, 6.45) is 91.2. The number of unbranched alkanes of at least 4 members (excludes halogenated alkanes) is 46. The Bertz CT molecular complexity index is 1460. The third-order valence-corrected chi connectivity index (χ3v) is 16.3. The second kappa shape index (κ2) is 70.6. The molecule has 0 aromatic rings. The van der Waals surface area contributed by atoms with Crippen LogP contribution >= 0.6 is 0 Å². The minimum absolute atomic E-state index is 0.0792. The average Bonchev–Trinajstić information content (AvgIpc) is 3.47. The summed E-state index contributed by atoms with van der Waals surface area (Å²) in [5.74, 6) is -0.878. The van der Waals surface area contributed by atoms with Gasteiger partial charge in [0.2, 0.25) is 0 Å². The molecule has 0 fully saturated rings. The molecule has 0 heterocycles. The average molecular weight is 1150 g/mol. The fourth-order valence-electron chi connectivity index (χ4n) is 10.8. The summed E-state index contributed by atoms with van der Waals surface area (Å²) >= 11 is 0. The molecule has 0 saturated heterocycles. The first kappa shape index (κ1) is 79.1. The maximum absolute atomic E-state index is 12.9. The third-order valence-electron chi connectivity index (χ3n) is 16.3. The number of rotatable bonds is 67. The lowest BCUT2D eigenvalue weighted by Crippen LogP contribution is -2.30. The van der Waals surface area contributed by atoms with Crippen molar-refractivity contribution < 1.29 is 28.6 Å². The van der Waals surface area contributed by atoms with Crippen LogP contribution in [0.5, 0.6) is 0 Å². The van der Waals surface area contributed by atoms with Crippen molar-refractivity contribution in [3.05, 3.63) is 60.8 Å². The summed E-state index contributed by atoms with van der Waals surface area (Å²) in [5, 5.41) is 0. The van der Waals surface area contributed by atoms with Crippen molar-refractivity contribution in [1.29, 1.82) is 0 Å². The molecule has 0 aromatic carbocycles. The summed E-state index contributed by atoms with van der Waals surface area (Å²) < 4.78 is 17.0. The Kier molecular flexibility index (Phi) is 68.1. The Morgan fingerprint density at radius 2 is 0.476 bits per heavy atom. The van der Waals surface area contributed by atoms with Crippen LogP contribution in [0.3, 0.4) is 0 Å². The molecule has 0 aliphatic rings. The molecular weight excluding hydrogens is 1010 g/mol. The molecule has 0 rings (SSSR count). The summed E-state index contributed by atoms with van der Waals surface area (Å²) in [7, 11) is 0. The van der Waals surface area contributed by atoms with Crippen LogP contribution in [0.4, 0.5) is 0 Å². The van der Waals surface area contributed by atoms with Gasteiger partial charge < -0.3 is 14.2 Å². The maximum atomic E-state index is 12.9. The third kappa shape index (κ3) is 67.9. The zero-order valence-electron chi connectivity index (χ0n) is 55.0. The lowest BCUT2D eigenvalue weighted by molar-refractivity contribution is -0.167. The van der Waals surface area contributed by atoms with E-state index in [1.54, 1.807) is 0 Å². The minimum Gasteiger partial charge on any atom is -0.462 e. The van der Waals surface area contributed by atoms with E-state index in [9.17, 15) is 14.4 Å². The molecule has 1 unspecified atom stereocenters. The number of allylic oxidation sites excluding steroid dienone is 10. The van der Waals surface area contributed by atoms with Gasteiger partial charge in [-0.05, 0) is 83.5 Å². The van der Waals surface area contributed by atoms with Gasteiger partial charge in [-0.15, -0.1) is 0 Å². The van der Waals surface area contributed by atoms with Gasteiger partial charge in [0, 0.05) is 19.3 Å². The highest BCUT2D eigenvalue weighted by atomic mass is 16.6. The van der Waals surface area contributed by atoms with Crippen LogP contribution in [-0.4, -0.2) is 37.2 Å². The van der Waals surface area contributed by atoms with Crippen molar-refractivity contribution in [2.45, 2.75) is 393 Å². The van der Waals surface area contributed by atoms with Gasteiger partial charge in [-0.25, -0.2) is 0 Å². The van der Waals surface area contributed by atoms with E-state index in [0.29, 0.717) is 19.3 Å². The van der Waals surface area contributed by atoms with Gasteiger partial charge in [0.1, 0.15) is 13.2 Å². The molecule has 478 valence electrons. The number of esters is 3. The summed E-state index contributed by atoms with van der Waals surface area (Å²) in [6, 6.07) is 0. The molecule has 0 aliphatic carbocycles. The number of carbonyl (C=O) groups is 3. The molecule has 0 bridgehead atoms. The topological polar surface area (TPSA) is 78.9 Å². The van der Waals surface area contributed by atoms with E-state index < -0.39 is 6.10 Å². The van der Waals surface area contributed by atoms with E-state index in [2.05, 4.69) is 81.5 Å². The monoisotopic (exact) mass is 1150 g/mol. The van der Waals surface area contributed by atoms with Gasteiger partial charge >= 0.3 is 17.9 Å². The maximum Gasteiger partial charge on any atom is 0.306 e. The van der Waals surface area contributed by atoms with Crippen LogP contribution in [-0.2, 0) is 28.6 Å². The van der Waals surface area contributed by atoms with E-state index in [4.69, 9.17) is 14.2 Å². The van der Waals surface area contributed by atoms with Gasteiger partial charge in [-0.3, -0.25) is 14.4 Å². The molecule has 82 heavy (non-hydrogen) atoms. The molecule has 0 saturated carbocycles. The first-order valence-corrected chi connectivity index (χ1v) is 36.3. The van der Waals surface area contributed by atoms with E-state index >= 15 is 0 Å². The standard InChI is InChI=1S/C76H138O6/c1-4-7-10-13-16-19-22-25-28-31-33-34-35-36-37-38-39-40-41-42-44-45-48-51-54-57-60-63-66-69-75(78)81-72-73(71-80-74(77)68-65-62-59-56-53-50-47-30-27-24-21-18-15-12-9-6-3)82-76(79)70-67-64-61-58-55-52-49-46-43-32-29-26-23-20-17-14-11-8-5-2/h8,11,17,20,26,29-30,43,46-47,73H,4-7,9-10,12-16,18-19,21-25,27-28,31-42,44-45,48-72H2,1-3H3/b11-8-,20-17-,29-26-,46-43-,47-30-. The first-order chi connectivity index (χ1) is 40.5. The van der Waals surface area contributed by atoms with Gasteiger partial charge in [-0.1, -0.05) is 345 Å². The molecule has 6 heteroatoms. The van der Waals surface area contributed by atoms with Crippen LogP contribution in [0.2, 0.25) is 0 Å². The lowest BCUT2D eigenvalue weighted by atomic mass is 10.0. The van der Waals surface area contributed by atoms with Crippen molar-refractivity contribution in [1.82, 2.24) is 0 Å². The Hall–Kier alpha value is -2.89. The lowest BCUT2D eigenvalue weighted by Gasteiger charge is -2.18. The quantitative estimate of drug-likeness (QED) is 0.0261. The van der Waals surface area contributed by atoms with E-state index in [1.165, 1.54) is 244 Å². The highest BCUT2D eigenvalue weighted by Gasteiger charge is 2.19. The highest BCUT2D eigenvalue weighted by Crippen LogP contribution is 2.19. The van der Waals surface area contributed by atoms with Gasteiger partial charge in [0.25, 0.3) is 0 Å². The molecule has 6 nitrogen and oxygen atoms in total. The molecule has 0 radical (unpaired) electrons. The van der Waals surface area contributed by atoms with Crippen LogP contribution in [0.15, 0.2) is 60.8 Å². The predicted octanol–water partition coefficient (Wildman–Crippen LogP) is 25.1. The normalized spacial score (nSPS) is 12.4. The first-order valence-electron chi connectivity index (χ1n) is 36.3. The largest absolute Gasteiger partial charge is 0.462 e. The zero-order valence-corrected chi connectivity index (χ0v) is 55.0. The zero-order chi connectivity index (χ0) is 59.2. The van der Waals surface area contributed by atoms with Gasteiger partial charge in [0.15, 0.2) is 6.10 Å². The molecule has 0 aliphatic heterocycles. The van der Waals surface area contributed by atoms with Crippen molar-refractivity contribution in [3.63, 3.8) is 0 Å². The Labute approximate surface area is 510 Å². The number of carbonyl (C=O) groups excluding carboxylic acids is 3. The Morgan fingerprint density at radius 3 is 0.756 bits per heavy atom. The molecule has 1 atom stereocenters. The molecule has 0 spiro atoms. The fourth-order valence-corrected chi connectivity index (χ4v) is 10.8. The smallest absolute Gasteiger partial charge is 0.306 e. The number of hydrogen-bond donors (Lipinski definition) is 0. The van der Waals surface area contributed by atoms with E-state index in [-0.39, 0.29) is 31.1 Å². The van der Waals surface area contributed by atoms with Crippen molar-refractivity contribution in [3.8, 4) is 0 Å². The molecule has 0 aromatic heterocycles. The van der Waals surface area contributed by atoms with Crippen LogP contribution < -0.4 is 0 Å². The predicted molar refractivity (Wildman–Crippen MR) is 358 cm³/mol. The second-order valence-electron chi connectivity index (χ2n) is 24.5. The van der Waals surface area contributed by atoms with Gasteiger partial charge in [0.05, 0.1) is 0 Å². The van der Waals surface area contributed by atoms with Crippen LogP contribution in [0.1, 0.15) is 387 Å². The summed E-state index contributed by atoms with van der Waals surface area (Å²) in [5.41, 5.74) is 0. The number of hydrogen-bond acceptors (Lipinski definition) is 6. The second-order valence-corrected chi connectivity index (χ2v) is 24.5. The van der Waals surface area contributed by atoms with Crippen LogP contribution in [0, 0.1) is 0 Å². The molecule has 0 N–H and O–H groups in total. The molecular formula is C76H138O6. The van der Waals surface area contributed by atoms with Gasteiger partial charge in [-0.2, -0.15) is 0 Å². The van der Waals surface area contributed by atoms with Crippen molar-refractivity contribution in [2.24, 2.45) is 0 Å². The summed E-state index contributed by atoms with van der Waals surface area (Å²) in [6.45, 7) is 6.57. The fraction of sp³-hybridized carbons (Fsp3) is 0.829. The van der Waals surface area contributed by atoms with Crippen molar-refractivity contribution >= 4 is 17.9 Å². The molecule has 0 amide bonds. The Morgan fingerprint density at radius 1 is 0.256 bits per heavy atom. The van der Waals surface area contributed by atoms with Crippen molar-refractivity contribution in [2.75, 3.05) is 13.2 Å². The Balaban J connectivity index is 4.25. The van der Waals surface area contributed by atoms with Crippen LogP contribution in [0.25, 0.3) is 0 Å². The minimum atomic E-state index is -0.786. The highest BCUT2D eigenvalue weighted by molar-refractivity contribution is 5.71. The van der Waals surface area contributed by atoms with E-state index in [0.717, 1.165) is 103 Å².